The van der Waals surface area contributed by atoms with Gasteiger partial charge >= 0.3 is 0 Å². The number of imide groups is 1. The molecule has 0 radical (unpaired) electrons. The molecular formula is C15H20N2O3. The highest BCUT2D eigenvalue weighted by Crippen LogP contribution is 2.25. The SMILES string of the molecule is COc1ccc(N2C(=O)CC(NC(C)(C)C)C2=O)cc1. The van der Waals surface area contributed by atoms with Gasteiger partial charge in [0.2, 0.25) is 5.91 Å². The molecule has 0 aliphatic carbocycles. The zero-order valence-corrected chi connectivity index (χ0v) is 12.3. The van der Waals surface area contributed by atoms with Crippen LogP contribution in [0.5, 0.6) is 5.75 Å². The lowest BCUT2D eigenvalue weighted by Gasteiger charge is -2.24. The van der Waals surface area contributed by atoms with Crippen molar-refractivity contribution in [3.05, 3.63) is 24.3 Å². The topological polar surface area (TPSA) is 58.6 Å². The molecule has 1 aromatic rings. The van der Waals surface area contributed by atoms with Crippen molar-refractivity contribution in [2.24, 2.45) is 0 Å². The van der Waals surface area contributed by atoms with E-state index in [0.717, 1.165) is 0 Å². The van der Waals surface area contributed by atoms with Gasteiger partial charge in [0, 0.05) is 5.54 Å². The number of methoxy groups -OCH3 is 1. The van der Waals surface area contributed by atoms with Crippen LogP contribution in [-0.2, 0) is 9.59 Å². The van der Waals surface area contributed by atoms with Crippen LogP contribution in [0.4, 0.5) is 5.69 Å². The summed E-state index contributed by atoms with van der Waals surface area (Å²) in [5.74, 6) is 0.314. The second kappa shape index (κ2) is 5.25. The molecule has 1 aromatic carbocycles. The van der Waals surface area contributed by atoms with Gasteiger partial charge in [0.25, 0.3) is 5.91 Å². The van der Waals surface area contributed by atoms with Crippen molar-refractivity contribution in [1.82, 2.24) is 5.32 Å². The molecule has 1 aliphatic rings. The van der Waals surface area contributed by atoms with Crippen LogP contribution in [0, 0.1) is 0 Å². The van der Waals surface area contributed by atoms with Crippen LogP contribution in [0.2, 0.25) is 0 Å². The summed E-state index contributed by atoms with van der Waals surface area (Å²) in [6, 6.07) is 6.45. The summed E-state index contributed by atoms with van der Waals surface area (Å²) in [7, 11) is 1.57. The lowest BCUT2D eigenvalue weighted by atomic mass is 10.1. The zero-order valence-electron chi connectivity index (χ0n) is 12.3. The summed E-state index contributed by atoms with van der Waals surface area (Å²) in [5.41, 5.74) is 0.371. The Labute approximate surface area is 118 Å². The maximum absolute atomic E-state index is 12.4. The van der Waals surface area contributed by atoms with Crippen LogP contribution >= 0.6 is 0 Å². The summed E-state index contributed by atoms with van der Waals surface area (Å²) >= 11 is 0. The minimum Gasteiger partial charge on any atom is -0.497 e. The molecule has 2 amide bonds. The predicted octanol–water partition coefficient (Wildman–Crippen LogP) is 1.72. The number of amides is 2. The van der Waals surface area contributed by atoms with Gasteiger partial charge in [-0.05, 0) is 45.0 Å². The summed E-state index contributed by atoms with van der Waals surface area (Å²) in [4.78, 5) is 25.7. The van der Waals surface area contributed by atoms with Crippen LogP contribution in [-0.4, -0.2) is 30.5 Å². The van der Waals surface area contributed by atoms with Gasteiger partial charge in [0.1, 0.15) is 5.75 Å². The number of carbonyl (C=O) groups is 2. The Hall–Kier alpha value is -1.88. The van der Waals surface area contributed by atoms with Crippen molar-refractivity contribution in [2.75, 3.05) is 12.0 Å². The molecule has 5 heteroatoms. The predicted molar refractivity (Wildman–Crippen MR) is 76.8 cm³/mol. The van der Waals surface area contributed by atoms with Gasteiger partial charge in [-0.25, -0.2) is 4.90 Å². The van der Waals surface area contributed by atoms with E-state index in [4.69, 9.17) is 4.74 Å². The van der Waals surface area contributed by atoms with Gasteiger partial charge in [0.15, 0.2) is 0 Å². The molecule has 108 valence electrons. The Morgan fingerprint density at radius 3 is 2.30 bits per heavy atom. The highest BCUT2D eigenvalue weighted by molar-refractivity contribution is 6.22. The first-order valence-corrected chi connectivity index (χ1v) is 6.60. The van der Waals surface area contributed by atoms with E-state index in [1.807, 2.05) is 20.8 Å². The summed E-state index contributed by atoms with van der Waals surface area (Å²) in [6.07, 6.45) is 0.197. The second-order valence-electron chi connectivity index (χ2n) is 5.92. The molecule has 20 heavy (non-hydrogen) atoms. The molecule has 0 spiro atoms. The molecule has 0 saturated carbocycles. The fourth-order valence-electron chi connectivity index (χ4n) is 2.27. The number of anilines is 1. The van der Waals surface area contributed by atoms with E-state index in [1.54, 1.807) is 31.4 Å². The van der Waals surface area contributed by atoms with E-state index >= 15 is 0 Å². The Morgan fingerprint density at radius 2 is 1.80 bits per heavy atom. The number of hydrogen-bond donors (Lipinski definition) is 1. The molecule has 2 rings (SSSR count). The van der Waals surface area contributed by atoms with E-state index in [-0.39, 0.29) is 23.8 Å². The molecule has 0 aromatic heterocycles. The second-order valence-corrected chi connectivity index (χ2v) is 5.92. The molecule has 1 heterocycles. The Balaban J connectivity index is 2.20. The Bertz CT molecular complexity index is 517. The summed E-state index contributed by atoms with van der Waals surface area (Å²) < 4.78 is 5.07. The number of benzene rings is 1. The van der Waals surface area contributed by atoms with Gasteiger partial charge in [-0.1, -0.05) is 0 Å². The number of nitrogens with zero attached hydrogens (tertiary/aromatic N) is 1. The lowest BCUT2D eigenvalue weighted by Crippen LogP contribution is -2.47. The van der Waals surface area contributed by atoms with Gasteiger partial charge in [-0.3, -0.25) is 9.59 Å². The number of nitrogens with one attached hydrogen (secondary N) is 1. The van der Waals surface area contributed by atoms with Gasteiger partial charge in [-0.2, -0.15) is 0 Å². The monoisotopic (exact) mass is 276 g/mol. The maximum atomic E-state index is 12.4. The maximum Gasteiger partial charge on any atom is 0.251 e. The number of carbonyl (C=O) groups excluding carboxylic acids is 2. The average Bonchev–Trinajstić information content (AvgIpc) is 2.63. The third-order valence-electron chi connectivity index (χ3n) is 3.08. The van der Waals surface area contributed by atoms with Crippen LogP contribution in [0.3, 0.4) is 0 Å². The minimum atomic E-state index is -0.454. The fraction of sp³-hybridized carbons (Fsp3) is 0.467. The van der Waals surface area contributed by atoms with E-state index in [2.05, 4.69) is 5.32 Å². The molecule has 1 N–H and O–H groups in total. The van der Waals surface area contributed by atoms with Crippen molar-refractivity contribution in [3.63, 3.8) is 0 Å². The smallest absolute Gasteiger partial charge is 0.251 e. The molecule has 0 bridgehead atoms. The zero-order chi connectivity index (χ0) is 14.9. The lowest BCUT2D eigenvalue weighted by molar-refractivity contribution is -0.121. The van der Waals surface area contributed by atoms with Crippen molar-refractivity contribution in [3.8, 4) is 5.75 Å². The highest BCUT2D eigenvalue weighted by atomic mass is 16.5. The fourth-order valence-corrected chi connectivity index (χ4v) is 2.27. The first-order chi connectivity index (χ1) is 9.31. The van der Waals surface area contributed by atoms with Crippen molar-refractivity contribution in [1.29, 1.82) is 0 Å². The van der Waals surface area contributed by atoms with E-state index in [9.17, 15) is 9.59 Å². The molecule has 1 saturated heterocycles. The Morgan fingerprint density at radius 1 is 1.20 bits per heavy atom. The molecule has 1 aliphatic heterocycles. The molecule has 1 fully saturated rings. The molecule has 1 unspecified atom stereocenters. The number of ether oxygens (including phenoxy) is 1. The van der Waals surface area contributed by atoms with Crippen LogP contribution in [0.15, 0.2) is 24.3 Å². The van der Waals surface area contributed by atoms with E-state index in [1.165, 1.54) is 4.90 Å². The van der Waals surface area contributed by atoms with Gasteiger partial charge < -0.3 is 10.1 Å². The van der Waals surface area contributed by atoms with E-state index < -0.39 is 6.04 Å². The standard InChI is InChI=1S/C15H20N2O3/c1-15(2,3)16-12-9-13(18)17(14(12)19)10-5-7-11(20-4)8-6-10/h5-8,12,16H,9H2,1-4H3. The van der Waals surface area contributed by atoms with Gasteiger partial charge in [-0.15, -0.1) is 0 Å². The normalized spacial score (nSPS) is 19.6. The van der Waals surface area contributed by atoms with Crippen molar-refractivity contribution >= 4 is 17.5 Å². The summed E-state index contributed by atoms with van der Waals surface area (Å²) in [6.45, 7) is 5.92. The van der Waals surface area contributed by atoms with Crippen molar-refractivity contribution in [2.45, 2.75) is 38.8 Å². The van der Waals surface area contributed by atoms with E-state index in [0.29, 0.717) is 11.4 Å². The average molecular weight is 276 g/mol. The quantitative estimate of drug-likeness (QED) is 0.854. The van der Waals surface area contributed by atoms with Crippen molar-refractivity contribution < 1.29 is 14.3 Å². The molecule has 1 atom stereocenters. The first kappa shape index (κ1) is 14.5. The molecule has 5 nitrogen and oxygen atoms in total. The van der Waals surface area contributed by atoms with Gasteiger partial charge in [0.05, 0.1) is 25.3 Å². The first-order valence-electron chi connectivity index (χ1n) is 6.60. The third-order valence-corrected chi connectivity index (χ3v) is 3.08. The molecular weight excluding hydrogens is 256 g/mol. The highest BCUT2D eigenvalue weighted by Gasteiger charge is 2.40. The number of hydrogen-bond acceptors (Lipinski definition) is 4. The van der Waals surface area contributed by atoms with Crippen LogP contribution < -0.4 is 15.0 Å². The minimum absolute atomic E-state index is 0.179. The van der Waals surface area contributed by atoms with Crippen LogP contribution in [0.25, 0.3) is 0 Å². The summed E-state index contributed by atoms with van der Waals surface area (Å²) in [5, 5.41) is 3.18. The Kier molecular flexibility index (Phi) is 3.81. The third kappa shape index (κ3) is 2.99. The number of rotatable bonds is 3. The van der Waals surface area contributed by atoms with Crippen LogP contribution in [0.1, 0.15) is 27.2 Å². The largest absolute Gasteiger partial charge is 0.497 e.